The zero-order valence-corrected chi connectivity index (χ0v) is 23.6. The molecule has 3 aliphatic carbocycles. The Morgan fingerprint density at radius 2 is 1.81 bits per heavy atom. The largest absolute Gasteiger partial charge is 0.508 e. The summed E-state index contributed by atoms with van der Waals surface area (Å²) < 4.78 is 5.89. The summed E-state index contributed by atoms with van der Waals surface area (Å²) in [6.45, 7) is 2.56. The molecule has 1 aromatic heterocycles. The van der Waals surface area contributed by atoms with Crippen LogP contribution in [0.15, 0.2) is 45.8 Å². The summed E-state index contributed by atoms with van der Waals surface area (Å²) >= 11 is 0. The van der Waals surface area contributed by atoms with Gasteiger partial charge in [0.25, 0.3) is 5.91 Å². The minimum atomic E-state index is -2.66. The Hall–Kier alpha value is -3.93. The smallest absolute Gasteiger partial charge is 0.255 e. The third-order valence-electron chi connectivity index (χ3n) is 9.46. The van der Waals surface area contributed by atoms with Crippen molar-refractivity contribution in [2.24, 2.45) is 17.6 Å². The number of hydrogen-bond acceptors (Lipinski definition) is 10. The van der Waals surface area contributed by atoms with Crippen molar-refractivity contribution >= 4 is 23.2 Å². The van der Waals surface area contributed by atoms with Gasteiger partial charge in [0, 0.05) is 17.1 Å². The molecule has 4 atom stereocenters. The van der Waals surface area contributed by atoms with E-state index in [2.05, 4.69) is 4.90 Å². The van der Waals surface area contributed by atoms with Crippen LogP contribution in [-0.2, 0) is 27.3 Å². The summed E-state index contributed by atoms with van der Waals surface area (Å²) in [7, 11) is 3.15. The summed E-state index contributed by atoms with van der Waals surface area (Å²) in [5, 5.41) is 45.2. The number of aromatic hydroxyl groups is 1. The molecule has 0 unspecified atom stereocenters. The van der Waals surface area contributed by atoms with Gasteiger partial charge in [0.1, 0.15) is 28.6 Å². The van der Waals surface area contributed by atoms with Crippen molar-refractivity contribution in [3.8, 4) is 16.9 Å². The number of likely N-dealkylation sites (tertiary alicyclic amines) is 1. The van der Waals surface area contributed by atoms with Crippen molar-refractivity contribution in [1.82, 2.24) is 9.80 Å². The molecule has 6 N–H and O–H groups in total. The van der Waals surface area contributed by atoms with Gasteiger partial charge in [0.15, 0.2) is 11.4 Å². The molecule has 42 heavy (non-hydrogen) atoms. The predicted molar refractivity (Wildman–Crippen MR) is 151 cm³/mol. The molecule has 4 aliphatic rings. The van der Waals surface area contributed by atoms with E-state index in [1.807, 2.05) is 6.07 Å². The first-order valence-electron chi connectivity index (χ1n) is 14.3. The van der Waals surface area contributed by atoms with Crippen molar-refractivity contribution < 1.29 is 39.2 Å². The van der Waals surface area contributed by atoms with Crippen molar-refractivity contribution in [3.05, 3.63) is 58.3 Å². The molecule has 222 valence electrons. The minimum absolute atomic E-state index is 0.0346. The number of likely N-dealkylation sites (N-methyl/N-ethyl adjacent to an activating group) is 1. The number of benzene rings is 1. The lowest BCUT2D eigenvalue weighted by molar-refractivity contribution is -0.153. The number of amides is 1. The number of ketones is 2. The molecule has 1 amide bonds. The number of piperidine rings is 1. The number of aliphatic hydroxyl groups is 3. The maximum absolute atomic E-state index is 14.0. The number of primary amides is 1. The van der Waals surface area contributed by atoms with Gasteiger partial charge in [-0.1, -0.05) is 12.5 Å². The van der Waals surface area contributed by atoms with Gasteiger partial charge in [-0.05, 0) is 82.0 Å². The highest BCUT2D eigenvalue weighted by atomic mass is 16.3. The number of fused-ring (bicyclic) bond motifs is 3. The van der Waals surface area contributed by atoms with Gasteiger partial charge in [-0.25, -0.2) is 0 Å². The number of phenolic OH excluding ortho intramolecular Hbond substituents is 1. The fourth-order valence-corrected chi connectivity index (χ4v) is 7.52. The third kappa shape index (κ3) is 4.02. The molecule has 0 bridgehead atoms. The Balaban J connectivity index is 1.48. The van der Waals surface area contributed by atoms with Crippen molar-refractivity contribution in [3.63, 3.8) is 0 Å². The molecule has 11 heteroatoms. The second kappa shape index (κ2) is 10.1. The molecule has 2 fully saturated rings. The van der Waals surface area contributed by atoms with E-state index in [1.54, 1.807) is 26.4 Å². The lowest BCUT2D eigenvalue weighted by atomic mass is 9.57. The summed E-state index contributed by atoms with van der Waals surface area (Å²) in [6, 6.07) is 3.93. The zero-order chi connectivity index (χ0) is 30.1. The summed E-state index contributed by atoms with van der Waals surface area (Å²) in [5.41, 5.74) is 3.96. The van der Waals surface area contributed by atoms with E-state index in [4.69, 9.17) is 10.2 Å². The maximum atomic E-state index is 14.0. The third-order valence-corrected chi connectivity index (χ3v) is 9.46. The van der Waals surface area contributed by atoms with Crippen LogP contribution in [0.1, 0.15) is 42.6 Å². The number of hydrogen-bond donors (Lipinski definition) is 5. The molecule has 1 saturated carbocycles. The van der Waals surface area contributed by atoms with Crippen LogP contribution in [0, 0.1) is 11.8 Å². The standard InChI is InChI=1S/C31H35N3O8/c1-33(2)25-19-13-15-12-18-16(17-8-11-42-21(17)14-34-9-4-3-5-10-34)6-7-20(35)23(18)26(36)22(15)28(38)31(19,41)29(39)24(27(25)37)30(32)40/h6-8,11,15,19,25,35-36,39,41H,3-5,9-10,12-14H2,1-2H3,(H2,32,40)/t15-,19-,25-,31-/m0/s1. The van der Waals surface area contributed by atoms with E-state index < -0.39 is 58.0 Å². The van der Waals surface area contributed by atoms with E-state index >= 15 is 0 Å². The van der Waals surface area contributed by atoms with Crippen LogP contribution in [0.2, 0.25) is 0 Å². The number of rotatable bonds is 5. The summed E-state index contributed by atoms with van der Waals surface area (Å²) in [5.74, 6) is -5.94. The van der Waals surface area contributed by atoms with Crippen LogP contribution < -0.4 is 5.73 Å². The van der Waals surface area contributed by atoms with Gasteiger partial charge < -0.3 is 30.6 Å². The van der Waals surface area contributed by atoms with Crippen LogP contribution in [0.25, 0.3) is 16.9 Å². The maximum Gasteiger partial charge on any atom is 0.255 e. The molecule has 0 radical (unpaired) electrons. The van der Waals surface area contributed by atoms with Crippen molar-refractivity contribution in [2.45, 2.75) is 50.3 Å². The van der Waals surface area contributed by atoms with Gasteiger partial charge >= 0.3 is 0 Å². The predicted octanol–water partition coefficient (Wildman–Crippen LogP) is 2.21. The second-order valence-corrected chi connectivity index (χ2v) is 12.0. The number of nitrogens with two attached hydrogens (primary N) is 1. The highest BCUT2D eigenvalue weighted by Crippen LogP contribution is 2.53. The van der Waals surface area contributed by atoms with E-state index in [0.717, 1.165) is 42.8 Å². The molecule has 2 heterocycles. The van der Waals surface area contributed by atoms with E-state index in [9.17, 15) is 34.8 Å². The van der Waals surface area contributed by atoms with Crippen LogP contribution in [-0.4, -0.2) is 86.5 Å². The minimum Gasteiger partial charge on any atom is -0.508 e. The molecular weight excluding hydrogens is 542 g/mol. The van der Waals surface area contributed by atoms with E-state index in [0.29, 0.717) is 12.1 Å². The molecule has 6 rings (SSSR count). The number of nitrogens with zero attached hydrogens (tertiary/aromatic N) is 2. The fraction of sp³-hybridized carbons (Fsp3) is 0.452. The molecule has 1 aliphatic heterocycles. The fourth-order valence-electron chi connectivity index (χ4n) is 7.52. The van der Waals surface area contributed by atoms with Gasteiger partial charge in [-0.2, -0.15) is 0 Å². The van der Waals surface area contributed by atoms with Crippen LogP contribution in [0.4, 0.5) is 0 Å². The Morgan fingerprint density at radius 1 is 1.10 bits per heavy atom. The molecule has 2 aromatic rings. The Morgan fingerprint density at radius 3 is 2.48 bits per heavy atom. The first-order valence-corrected chi connectivity index (χ1v) is 14.3. The average Bonchev–Trinajstić information content (AvgIpc) is 3.38. The second-order valence-electron chi connectivity index (χ2n) is 12.0. The number of Topliss-reactive ketones (excluding diaryl/α,β-unsaturated/α-hetero) is 2. The SMILES string of the molecule is CN(C)[C@@H]1C(=O)C(C(N)=O)=C(O)[C@@]2(O)C(=O)C3=C(O)c4c(O)ccc(-c5ccoc5CN5CCCCC5)c4C[C@H]3C[C@@H]12. The summed E-state index contributed by atoms with van der Waals surface area (Å²) in [4.78, 5) is 43.3. The zero-order valence-electron chi connectivity index (χ0n) is 23.6. The van der Waals surface area contributed by atoms with E-state index in [1.165, 1.54) is 17.4 Å². The van der Waals surface area contributed by atoms with Crippen molar-refractivity contribution in [1.29, 1.82) is 0 Å². The monoisotopic (exact) mass is 577 g/mol. The Labute approximate surface area is 242 Å². The highest BCUT2D eigenvalue weighted by molar-refractivity contribution is 6.24. The van der Waals surface area contributed by atoms with Gasteiger partial charge in [-0.15, -0.1) is 0 Å². The van der Waals surface area contributed by atoms with Gasteiger partial charge in [-0.3, -0.25) is 24.2 Å². The Bertz CT molecular complexity index is 1560. The van der Waals surface area contributed by atoms with Gasteiger partial charge in [0.2, 0.25) is 5.78 Å². The molecular formula is C31H35N3O8. The number of phenols is 1. The lowest BCUT2D eigenvalue weighted by Crippen LogP contribution is -2.65. The average molecular weight is 578 g/mol. The number of carbonyl (C=O) groups is 3. The number of furan rings is 1. The van der Waals surface area contributed by atoms with Crippen LogP contribution in [0.3, 0.4) is 0 Å². The lowest BCUT2D eigenvalue weighted by Gasteiger charge is -2.50. The van der Waals surface area contributed by atoms with Crippen LogP contribution in [0.5, 0.6) is 5.75 Å². The Kier molecular flexibility index (Phi) is 6.79. The van der Waals surface area contributed by atoms with Crippen LogP contribution >= 0.6 is 0 Å². The normalized spacial score (nSPS) is 28.1. The number of carbonyl (C=O) groups excluding carboxylic acids is 3. The highest BCUT2D eigenvalue weighted by Gasteiger charge is 2.64. The first-order chi connectivity index (χ1) is 20.0. The number of aliphatic hydroxyl groups excluding tert-OH is 2. The molecule has 11 nitrogen and oxygen atoms in total. The summed E-state index contributed by atoms with van der Waals surface area (Å²) in [6.07, 6.45) is 5.31. The van der Waals surface area contributed by atoms with Crippen molar-refractivity contribution in [2.75, 3.05) is 27.2 Å². The topological polar surface area (TPSA) is 178 Å². The molecule has 1 saturated heterocycles. The van der Waals surface area contributed by atoms with Gasteiger partial charge in [0.05, 0.1) is 24.4 Å². The molecule has 0 spiro atoms. The first kappa shape index (κ1) is 28.2. The quantitative estimate of drug-likeness (QED) is 0.331. The molecule has 1 aromatic carbocycles. The van der Waals surface area contributed by atoms with E-state index in [-0.39, 0.29) is 29.7 Å².